The molecule has 2 heterocycles. The molecule has 4 rings (SSSR count). The van der Waals surface area contributed by atoms with Crippen LogP contribution in [0.15, 0.2) is 35.3 Å². The van der Waals surface area contributed by atoms with Gasteiger partial charge in [0.25, 0.3) is 0 Å². The van der Waals surface area contributed by atoms with E-state index < -0.39 is 0 Å². The third-order valence-corrected chi connectivity index (χ3v) is 7.06. The van der Waals surface area contributed by atoms with E-state index in [1.165, 1.54) is 36.6 Å². The summed E-state index contributed by atoms with van der Waals surface area (Å²) in [5.74, 6) is 0.615. The van der Waals surface area contributed by atoms with Crippen LogP contribution in [0.5, 0.6) is 0 Å². The number of allylic oxidation sites excluding steroid dienone is 1. The average Bonchev–Trinajstić information content (AvgIpc) is 3.65. The van der Waals surface area contributed by atoms with Gasteiger partial charge in [0.05, 0.1) is 11.8 Å². The Hall–Kier alpha value is -2.50. The van der Waals surface area contributed by atoms with Crippen molar-refractivity contribution in [2.45, 2.75) is 70.8 Å². The number of rotatable bonds is 5. The van der Waals surface area contributed by atoms with Crippen LogP contribution in [0.25, 0.3) is 11.8 Å². The molecule has 2 saturated carbocycles. The quantitative estimate of drug-likeness (QED) is 0.612. The molecule has 3 aliphatic rings. The van der Waals surface area contributed by atoms with Crippen LogP contribution in [0.4, 0.5) is 0 Å². The van der Waals surface area contributed by atoms with E-state index in [0.29, 0.717) is 5.92 Å². The van der Waals surface area contributed by atoms with Gasteiger partial charge in [0.1, 0.15) is 5.41 Å². The summed E-state index contributed by atoms with van der Waals surface area (Å²) in [6, 6.07) is 4.72. The SMILES string of the molecule is C=C=C(N1CCCC(C/C(N=CC)=c2\cc[nH]\c2=C/C)CC12CC2)C1(C#N)CC1. The molecule has 1 aliphatic heterocycles. The van der Waals surface area contributed by atoms with Crippen molar-refractivity contribution in [2.24, 2.45) is 16.3 Å². The van der Waals surface area contributed by atoms with Gasteiger partial charge in [-0.1, -0.05) is 12.7 Å². The molecule has 4 heteroatoms. The molecule has 1 saturated heterocycles. The van der Waals surface area contributed by atoms with Crippen molar-refractivity contribution < 1.29 is 0 Å². The zero-order chi connectivity index (χ0) is 20.5. The number of nitrogens with one attached hydrogen (secondary N) is 1. The highest BCUT2D eigenvalue weighted by Crippen LogP contribution is 2.58. The summed E-state index contributed by atoms with van der Waals surface area (Å²) < 4.78 is 0. The van der Waals surface area contributed by atoms with Crippen molar-refractivity contribution >= 4 is 18.0 Å². The number of hydrogen-bond acceptors (Lipinski definition) is 3. The Bertz CT molecular complexity index is 1000. The Balaban J connectivity index is 1.61. The minimum absolute atomic E-state index is 0.215. The Labute approximate surface area is 174 Å². The minimum atomic E-state index is -0.308. The predicted molar refractivity (Wildman–Crippen MR) is 118 cm³/mol. The second kappa shape index (κ2) is 7.73. The first-order valence-corrected chi connectivity index (χ1v) is 11.0. The molecule has 29 heavy (non-hydrogen) atoms. The van der Waals surface area contributed by atoms with Gasteiger partial charge in [-0.3, -0.25) is 4.99 Å². The smallest absolute Gasteiger partial charge is 0.105 e. The van der Waals surface area contributed by atoms with E-state index >= 15 is 0 Å². The third-order valence-electron chi connectivity index (χ3n) is 7.06. The van der Waals surface area contributed by atoms with Gasteiger partial charge in [0, 0.05) is 40.8 Å². The van der Waals surface area contributed by atoms with E-state index in [4.69, 9.17) is 4.99 Å². The Morgan fingerprint density at radius 2 is 2.17 bits per heavy atom. The summed E-state index contributed by atoms with van der Waals surface area (Å²) in [6.45, 7) is 9.07. The molecule has 1 N–H and O–H groups in total. The van der Waals surface area contributed by atoms with Crippen molar-refractivity contribution in [2.75, 3.05) is 6.54 Å². The molecule has 0 radical (unpaired) electrons. The van der Waals surface area contributed by atoms with E-state index in [1.54, 1.807) is 0 Å². The fraction of sp³-hybridized carbons (Fsp3) is 0.560. The number of aromatic nitrogens is 1. The fourth-order valence-corrected chi connectivity index (χ4v) is 5.25. The number of H-pyrrole nitrogens is 1. The highest BCUT2D eigenvalue weighted by molar-refractivity contribution is 5.63. The van der Waals surface area contributed by atoms with E-state index in [0.717, 1.165) is 43.3 Å². The van der Waals surface area contributed by atoms with Crippen LogP contribution in [0.3, 0.4) is 0 Å². The van der Waals surface area contributed by atoms with Crippen LogP contribution >= 0.6 is 0 Å². The number of aromatic amines is 1. The predicted octanol–water partition coefficient (Wildman–Crippen LogP) is 4.01. The van der Waals surface area contributed by atoms with Gasteiger partial charge in [-0.2, -0.15) is 5.26 Å². The van der Waals surface area contributed by atoms with Gasteiger partial charge in [0.2, 0.25) is 0 Å². The molecule has 152 valence electrons. The van der Waals surface area contributed by atoms with Crippen molar-refractivity contribution in [3.63, 3.8) is 0 Å². The molecule has 0 bridgehead atoms. The lowest BCUT2D eigenvalue weighted by Gasteiger charge is -2.36. The standard InChI is InChI=1S/C25H32N4/c1-4-21-20(9-14-28-21)22(27-6-3)16-19-8-7-15-29(25(17-19)12-13-25)23(5-2)24(18-26)10-11-24/h4,6,9,14,19,28H,2,7-8,10-13,15-17H2,1,3H3/b21-4-,22-20-,27-6?. The highest BCUT2D eigenvalue weighted by atomic mass is 15.3. The summed E-state index contributed by atoms with van der Waals surface area (Å²) in [5, 5.41) is 12.1. The molecule has 2 aliphatic carbocycles. The molecular formula is C25H32N4. The molecule has 3 fully saturated rings. The number of hydrogen-bond donors (Lipinski definition) is 1. The van der Waals surface area contributed by atoms with Crippen molar-refractivity contribution in [3.05, 3.63) is 40.8 Å². The second-order valence-electron chi connectivity index (χ2n) is 8.94. The minimum Gasteiger partial charge on any atom is -0.362 e. The molecule has 1 aromatic rings. The van der Waals surface area contributed by atoms with Crippen LogP contribution in [0, 0.1) is 22.7 Å². The molecule has 4 nitrogen and oxygen atoms in total. The van der Waals surface area contributed by atoms with Crippen LogP contribution in [-0.2, 0) is 0 Å². The van der Waals surface area contributed by atoms with Crippen LogP contribution in [0.1, 0.15) is 65.2 Å². The van der Waals surface area contributed by atoms with Gasteiger partial charge in [0.15, 0.2) is 0 Å². The largest absolute Gasteiger partial charge is 0.362 e. The Morgan fingerprint density at radius 3 is 2.76 bits per heavy atom. The van der Waals surface area contributed by atoms with Crippen molar-refractivity contribution in [3.8, 4) is 6.07 Å². The van der Waals surface area contributed by atoms with E-state index in [2.05, 4.69) is 47.3 Å². The van der Waals surface area contributed by atoms with Gasteiger partial charge in [-0.05, 0) is 77.2 Å². The molecule has 1 atom stereocenters. The number of aliphatic imine (C=N–C) groups is 1. The first-order chi connectivity index (χ1) is 14.1. The first-order valence-electron chi connectivity index (χ1n) is 11.0. The molecule has 1 spiro atoms. The maximum Gasteiger partial charge on any atom is 0.105 e. The molecule has 1 aromatic heterocycles. The maximum atomic E-state index is 9.74. The van der Waals surface area contributed by atoms with Gasteiger partial charge < -0.3 is 9.88 Å². The van der Waals surface area contributed by atoms with E-state index in [1.807, 2.05) is 19.3 Å². The zero-order valence-corrected chi connectivity index (χ0v) is 17.8. The summed E-state index contributed by atoms with van der Waals surface area (Å²) >= 11 is 0. The van der Waals surface area contributed by atoms with Crippen LogP contribution in [-0.4, -0.2) is 28.2 Å². The Morgan fingerprint density at radius 1 is 1.38 bits per heavy atom. The van der Waals surface area contributed by atoms with Gasteiger partial charge >= 0.3 is 0 Å². The monoisotopic (exact) mass is 388 g/mol. The maximum absolute atomic E-state index is 9.74. The summed E-state index contributed by atoms with van der Waals surface area (Å²) in [6.07, 6.45) is 15.0. The third kappa shape index (κ3) is 3.61. The average molecular weight is 389 g/mol. The van der Waals surface area contributed by atoms with Crippen molar-refractivity contribution in [1.82, 2.24) is 9.88 Å². The Kier molecular flexibility index (Phi) is 5.28. The summed E-state index contributed by atoms with van der Waals surface area (Å²) in [4.78, 5) is 10.6. The summed E-state index contributed by atoms with van der Waals surface area (Å²) in [7, 11) is 0. The highest BCUT2D eigenvalue weighted by Gasteiger charge is 2.57. The van der Waals surface area contributed by atoms with Crippen LogP contribution in [0.2, 0.25) is 0 Å². The lowest BCUT2D eigenvalue weighted by atomic mass is 9.90. The summed E-state index contributed by atoms with van der Waals surface area (Å²) in [5.41, 5.74) is 5.37. The topological polar surface area (TPSA) is 55.2 Å². The van der Waals surface area contributed by atoms with E-state index in [-0.39, 0.29) is 11.0 Å². The lowest BCUT2D eigenvalue weighted by molar-refractivity contribution is 0.204. The van der Waals surface area contributed by atoms with Gasteiger partial charge in [-0.15, -0.1) is 5.73 Å². The van der Waals surface area contributed by atoms with Gasteiger partial charge in [-0.25, -0.2) is 0 Å². The molecular weight excluding hydrogens is 356 g/mol. The van der Waals surface area contributed by atoms with E-state index in [9.17, 15) is 5.26 Å². The van der Waals surface area contributed by atoms with Crippen molar-refractivity contribution in [1.29, 1.82) is 5.26 Å². The fourth-order valence-electron chi connectivity index (χ4n) is 5.25. The van der Waals surface area contributed by atoms with Crippen LogP contribution < -0.4 is 10.6 Å². The lowest BCUT2D eigenvalue weighted by Crippen LogP contribution is -2.39. The first kappa shape index (κ1) is 19.8. The molecule has 0 aromatic carbocycles. The zero-order valence-electron chi connectivity index (χ0n) is 17.8. The number of likely N-dealkylation sites (tertiary alicyclic amines) is 1. The number of nitriles is 1. The second-order valence-corrected chi connectivity index (χ2v) is 8.94. The molecule has 0 amide bonds. The molecule has 1 unspecified atom stereocenters. The number of nitrogens with zero attached hydrogens (tertiary/aromatic N) is 3. The normalized spacial score (nSPS) is 26.0.